The molecule has 18 heavy (non-hydrogen) atoms. The van der Waals surface area contributed by atoms with Gasteiger partial charge >= 0.3 is 0 Å². The number of aliphatic hydroxyl groups is 1. The Kier molecular flexibility index (Phi) is 5.72. The van der Waals surface area contributed by atoms with Gasteiger partial charge in [-0.2, -0.15) is 0 Å². The minimum atomic E-state index is -0.401. The van der Waals surface area contributed by atoms with Crippen molar-refractivity contribution in [3.05, 3.63) is 27.8 Å². The highest BCUT2D eigenvalue weighted by atomic mass is 127. The van der Waals surface area contributed by atoms with Gasteiger partial charge in [0.15, 0.2) is 0 Å². The largest absolute Gasteiger partial charge is 0.491 e. The average Bonchev–Trinajstić information content (AvgIpc) is 2.39. The van der Waals surface area contributed by atoms with E-state index >= 15 is 0 Å². The van der Waals surface area contributed by atoms with Gasteiger partial charge in [0.05, 0.1) is 0 Å². The predicted molar refractivity (Wildman–Crippen MR) is 81.0 cm³/mol. The van der Waals surface area contributed by atoms with Crippen molar-refractivity contribution in [2.75, 3.05) is 26.2 Å². The van der Waals surface area contributed by atoms with Gasteiger partial charge in [0.1, 0.15) is 18.5 Å². The number of hydrogen-bond donors (Lipinski definition) is 1. The van der Waals surface area contributed by atoms with Gasteiger partial charge in [-0.1, -0.05) is 6.42 Å². The molecule has 100 valence electrons. The van der Waals surface area contributed by atoms with Gasteiger partial charge in [-0.3, -0.25) is 0 Å². The normalized spacial score (nSPS) is 18.6. The third kappa shape index (κ3) is 4.74. The van der Waals surface area contributed by atoms with E-state index in [0.717, 1.165) is 25.4 Å². The van der Waals surface area contributed by atoms with Crippen LogP contribution >= 0.6 is 22.6 Å². The number of likely N-dealkylation sites (tertiary alicyclic amines) is 1. The zero-order chi connectivity index (χ0) is 12.8. The van der Waals surface area contributed by atoms with Crippen LogP contribution in [0.25, 0.3) is 0 Å². The maximum absolute atomic E-state index is 9.95. The molecule has 1 heterocycles. The molecule has 0 aliphatic carbocycles. The van der Waals surface area contributed by atoms with Gasteiger partial charge in [-0.05, 0) is 72.8 Å². The van der Waals surface area contributed by atoms with Gasteiger partial charge in [-0.15, -0.1) is 0 Å². The Balaban J connectivity index is 1.70. The van der Waals surface area contributed by atoms with Crippen molar-refractivity contribution in [1.82, 2.24) is 4.90 Å². The Bertz CT molecular complexity index is 349. The van der Waals surface area contributed by atoms with Crippen LogP contribution < -0.4 is 4.74 Å². The number of halogens is 1. The van der Waals surface area contributed by atoms with Crippen LogP contribution in [-0.4, -0.2) is 42.4 Å². The van der Waals surface area contributed by atoms with Crippen molar-refractivity contribution < 1.29 is 9.84 Å². The van der Waals surface area contributed by atoms with Gasteiger partial charge < -0.3 is 14.7 Å². The zero-order valence-electron chi connectivity index (χ0n) is 10.5. The molecule has 2 rings (SSSR count). The topological polar surface area (TPSA) is 32.7 Å². The SMILES string of the molecule is OC(COc1ccc(I)cc1)CN1CCCCC1. The van der Waals surface area contributed by atoms with E-state index in [1.165, 1.54) is 22.8 Å². The van der Waals surface area contributed by atoms with E-state index in [2.05, 4.69) is 27.5 Å². The third-order valence-electron chi connectivity index (χ3n) is 3.17. The zero-order valence-corrected chi connectivity index (χ0v) is 12.7. The summed E-state index contributed by atoms with van der Waals surface area (Å²) < 4.78 is 6.77. The summed E-state index contributed by atoms with van der Waals surface area (Å²) in [6, 6.07) is 7.89. The lowest BCUT2D eigenvalue weighted by Crippen LogP contribution is -2.38. The van der Waals surface area contributed by atoms with Gasteiger partial charge in [0, 0.05) is 10.1 Å². The van der Waals surface area contributed by atoms with Crippen molar-refractivity contribution in [1.29, 1.82) is 0 Å². The molecule has 1 aliphatic heterocycles. The smallest absolute Gasteiger partial charge is 0.119 e. The molecule has 1 saturated heterocycles. The number of aliphatic hydroxyl groups excluding tert-OH is 1. The van der Waals surface area contributed by atoms with Crippen LogP contribution in [0.5, 0.6) is 5.75 Å². The Morgan fingerprint density at radius 2 is 1.83 bits per heavy atom. The first-order valence-electron chi connectivity index (χ1n) is 6.53. The third-order valence-corrected chi connectivity index (χ3v) is 3.89. The van der Waals surface area contributed by atoms with Crippen LogP contribution in [-0.2, 0) is 0 Å². The first-order chi connectivity index (χ1) is 8.74. The second kappa shape index (κ2) is 7.31. The van der Waals surface area contributed by atoms with Crippen molar-refractivity contribution in [3.63, 3.8) is 0 Å². The quantitative estimate of drug-likeness (QED) is 0.819. The number of nitrogens with zero attached hydrogens (tertiary/aromatic N) is 1. The highest BCUT2D eigenvalue weighted by molar-refractivity contribution is 14.1. The van der Waals surface area contributed by atoms with Crippen LogP contribution in [0.15, 0.2) is 24.3 Å². The molecular formula is C14H20INO2. The summed E-state index contributed by atoms with van der Waals surface area (Å²) in [7, 11) is 0. The molecule has 1 fully saturated rings. The van der Waals surface area contributed by atoms with E-state index in [9.17, 15) is 5.11 Å². The highest BCUT2D eigenvalue weighted by Gasteiger charge is 2.14. The summed E-state index contributed by atoms with van der Waals surface area (Å²) in [6.07, 6.45) is 3.43. The summed E-state index contributed by atoms with van der Waals surface area (Å²) in [5, 5.41) is 9.95. The molecule has 0 bridgehead atoms. The number of benzene rings is 1. The lowest BCUT2D eigenvalue weighted by molar-refractivity contribution is 0.0617. The minimum Gasteiger partial charge on any atom is -0.491 e. The predicted octanol–water partition coefficient (Wildman–Crippen LogP) is 2.52. The summed E-state index contributed by atoms with van der Waals surface area (Å²) in [5.41, 5.74) is 0. The first-order valence-corrected chi connectivity index (χ1v) is 7.61. The molecule has 0 amide bonds. The maximum atomic E-state index is 9.95. The van der Waals surface area contributed by atoms with Crippen LogP contribution in [0, 0.1) is 3.57 Å². The monoisotopic (exact) mass is 361 g/mol. The van der Waals surface area contributed by atoms with Crippen LogP contribution in [0.3, 0.4) is 0 Å². The number of rotatable bonds is 5. The second-order valence-corrected chi connectivity index (χ2v) is 6.03. The molecule has 1 aromatic carbocycles. The summed E-state index contributed by atoms with van der Waals surface area (Å²) >= 11 is 2.26. The van der Waals surface area contributed by atoms with Crippen molar-refractivity contribution >= 4 is 22.6 Å². The van der Waals surface area contributed by atoms with E-state index in [4.69, 9.17) is 4.74 Å². The van der Waals surface area contributed by atoms with E-state index in [-0.39, 0.29) is 0 Å². The van der Waals surface area contributed by atoms with Crippen LogP contribution in [0.2, 0.25) is 0 Å². The molecular weight excluding hydrogens is 341 g/mol. The van der Waals surface area contributed by atoms with Crippen molar-refractivity contribution in [3.8, 4) is 5.75 Å². The standard InChI is InChI=1S/C14H20INO2/c15-12-4-6-14(7-5-12)18-11-13(17)10-16-8-2-1-3-9-16/h4-7,13,17H,1-3,8-11H2. The Morgan fingerprint density at radius 3 is 2.50 bits per heavy atom. The molecule has 3 nitrogen and oxygen atoms in total. The van der Waals surface area contributed by atoms with E-state index in [1.54, 1.807) is 0 Å². The number of hydrogen-bond acceptors (Lipinski definition) is 3. The highest BCUT2D eigenvalue weighted by Crippen LogP contribution is 2.14. The van der Waals surface area contributed by atoms with Crippen LogP contribution in [0.4, 0.5) is 0 Å². The van der Waals surface area contributed by atoms with Crippen molar-refractivity contribution in [2.24, 2.45) is 0 Å². The molecule has 1 aromatic rings. The number of β-amino-alcohol motifs (C(OH)–C–C–N with tert-alkyl or cyclic N) is 1. The van der Waals surface area contributed by atoms with E-state index in [1.807, 2.05) is 24.3 Å². The Labute approximate surface area is 122 Å². The summed E-state index contributed by atoms with van der Waals surface area (Å²) in [5.74, 6) is 0.827. The Hall–Kier alpha value is -0.330. The van der Waals surface area contributed by atoms with Crippen molar-refractivity contribution in [2.45, 2.75) is 25.4 Å². The molecule has 1 aliphatic rings. The molecule has 0 spiro atoms. The minimum absolute atomic E-state index is 0.372. The van der Waals surface area contributed by atoms with Gasteiger partial charge in [0.2, 0.25) is 0 Å². The molecule has 1 N–H and O–H groups in total. The molecule has 0 radical (unpaired) electrons. The lowest BCUT2D eigenvalue weighted by atomic mass is 10.1. The lowest BCUT2D eigenvalue weighted by Gasteiger charge is -2.28. The number of ether oxygens (including phenoxy) is 1. The fourth-order valence-corrected chi connectivity index (χ4v) is 2.58. The molecule has 1 unspecified atom stereocenters. The fourth-order valence-electron chi connectivity index (χ4n) is 2.22. The Morgan fingerprint density at radius 1 is 1.17 bits per heavy atom. The summed E-state index contributed by atoms with van der Waals surface area (Å²) in [4.78, 5) is 2.32. The molecule has 1 atom stereocenters. The molecule has 0 aromatic heterocycles. The average molecular weight is 361 g/mol. The number of piperidine rings is 1. The van der Waals surface area contributed by atoms with E-state index < -0.39 is 6.10 Å². The molecule has 0 saturated carbocycles. The second-order valence-electron chi connectivity index (χ2n) is 4.78. The van der Waals surface area contributed by atoms with Gasteiger partial charge in [0.25, 0.3) is 0 Å². The summed E-state index contributed by atoms with van der Waals surface area (Å²) in [6.45, 7) is 3.32. The fraction of sp³-hybridized carbons (Fsp3) is 0.571. The first kappa shape index (κ1) is 14.1. The molecule has 4 heteroatoms. The van der Waals surface area contributed by atoms with Crippen LogP contribution in [0.1, 0.15) is 19.3 Å². The van der Waals surface area contributed by atoms with E-state index in [0.29, 0.717) is 6.61 Å². The maximum Gasteiger partial charge on any atom is 0.119 e. The van der Waals surface area contributed by atoms with Gasteiger partial charge in [-0.25, -0.2) is 0 Å².